The number of hydrogen-bond donors (Lipinski definition) is 0. The fourth-order valence-electron chi connectivity index (χ4n) is 3.65. The highest BCUT2D eigenvalue weighted by Crippen LogP contribution is 2.24. The highest BCUT2D eigenvalue weighted by molar-refractivity contribution is 7.15. The van der Waals surface area contributed by atoms with E-state index in [-0.39, 0.29) is 5.56 Å². The smallest absolute Gasteiger partial charge is 0.259 e. The van der Waals surface area contributed by atoms with Gasteiger partial charge in [0.25, 0.3) is 5.56 Å². The molecule has 0 aliphatic carbocycles. The lowest BCUT2D eigenvalue weighted by atomic mass is 10.2. The van der Waals surface area contributed by atoms with Gasteiger partial charge in [-0.05, 0) is 11.6 Å². The third kappa shape index (κ3) is 3.64. The normalized spacial score (nSPS) is 15.1. The molecule has 0 bridgehead atoms. The maximum atomic E-state index is 12.8. The van der Waals surface area contributed by atoms with E-state index in [1.807, 2.05) is 41.8 Å². The third-order valence-electron chi connectivity index (χ3n) is 5.12. The van der Waals surface area contributed by atoms with Crippen molar-refractivity contribution < 1.29 is 0 Å². The molecule has 0 N–H and O–H groups in total. The largest absolute Gasteiger partial charge is 0.338 e. The van der Waals surface area contributed by atoms with Crippen LogP contribution in [-0.4, -0.2) is 50.4 Å². The van der Waals surface area contributed by atoms with E-state index in [1.54, 1.807) is 22.9 Å². The van der Waals surface area contributed by atoms with Crippen molar-refractivity contribution in [2.45, 2.75) is 6.54 Å². The maximum Gasteiger partial charge on any atom is 0.259 e. The van der Waals surface area contributed by atoms with Gasteiger partial charge in [0.15, 0.2) is 4.96 Å². The van der Waals surface area contributed by atoms with Crippen LogP contribution in [0.1, 0.15) is 5.69 Å². The Labute approximate surface area is 171 Å². The molecule has 29 heavy (non-hydrogen) atoms. The highest BCUT2D eigenvalue weighted by Gasteiger charge is 2.20. The first-order valence-corrected chi connectivity index (χ1v) is 10.5. The number of fused-ring (bicyclic) bond motifs is 1. The molecule has 4 aromatic rings. The fourth-order valence-corrected chi connectivity index (χ4v) is 4.57. The van der Waals surface area contributed by atoms with Crippen LogP contribution in [-0.2, 0) is 6.54 Å². The molecule has 0 saturated carbocycles. The Kier molecular flexibility index (Phi) is 4.79. The molecule has 0 amide bonds. The first-order valence-electron chi connectivity index (χ1n) is 9.58. The van der Waals surface area contributed by atoms with Gasteiger partial charge in [-0.25, -0.2) is 15.0 Å². The van der Waals surface area contributed by atoms with Crippen molar-refractivity contribution >= 4 is 22.2 Å². The Balaban J connectivity index is 1.33. The second kappa shape index (κ2) is 7.73. The van der Waals surface area contributed by atoms with E-state index >= 15 is 0 Å². The highest BCUT2D eigenvalue weighted by atomic mass is 32.1. The number of aromatic nitrogens is 4. The molecule has 1 aliphatic heterocycles. The van der Waals surface area contributed by atoms with Crippen molar-refractivity contribution in [3.63, 3.8) is 0 Å². The first-order chi connectivity index (χ1) is 14.3. The number of nitrogens with zero attached hydrogens (tertiary/aromatic N) is 6. The Morgan fingerprint density at radius 1 is 0.966 bits per heavy atom. The van der Waals surface area contributed by atoms with Gasteiger partial charge in [-0.2, -0.15) is 0 Å². The van der Waals surface area contributed by atoms with Crippen molar-refractivity contribution in [3.8, 4) is 11.3 Å². The van der Waals surface area contributed by atoms with Crippen LogP contribution in [0.4, 0.5) is 5.95 Å². The van der Waals surface area contributed by atoms with Gasteiger partial charge in [0, 0.05) is 56.6 Å². The summed E-state index contributed by atoms with van der Waals surface area (Å²) < 4.78 is 1.70. The molecule has 1 aromatic carbocycles. The van der Waals surface area contributed by atoms with E-state index in [1.165, 1.54) is 11.3 Å². The Morgan fingerprint density at radius 2 is 1.72 bits per heavy atom. The minimum absolute atomic E-state index is 0.0265. The fraction of sp³-hybridized carbons (Fsp3) is 0.238. The topological polar surface area (TPSA) is 66.6 Å². The molecule has 0 spiro atoms. The summed E-state index contributed by atoms with van der Waals surface area (Å²) in [7, 11) is 0. The van der Waals surface area contributed by atoms with E-state index in [9.17, 15) is 4.79 Å². The average Bonchev–Trinajstić information content (AvgIpc) is 3.20. The zero-order valence-electron chi connectivity index (χ0n) is 15.8. The summed E-state index contributed by atoms with van der Waals surface area (Å²) in [6.07, 6.45) is 3.54. The summed E-state index contributed by atoms with van der Waals surface area (Å²) >= 11 is 1.51. The minimum atomic E-state index is -0.0265. The van der Waals surface area contributed by atoms with E-state index in [0.29, 0.717) is 6.54 Å². The van der Waals surface area contributed by atoms with Crippen molar-refractivity contribution in [1.82, 2.24) is 24.3 Å². The molecule has 146 valence electrons. The summed E-state index contributed by atoms with van der Waals surface area (Å²) in [6.45, 7) is 4.18. The molecule has 4 heterocycles. The van der Waals surface area contributed by atoms with Crippen molar-refractivity contribution in [3.05, 3.63) is 76.3 Å². The van der Waals surface area contributed by atoms with Crippen LogP contribution in [0.5, 0.6) is 0 Å². The summed E-state index contributed by atoms with van der Waals surface area (Å²) in [4.78, 5) is 31.5. The van der Waals surface area contributed by atoms with E-state index in [2.05, 4.69) is 19.8 Å². The van der Waals surface area contributed by atoms with Crippen LogP contribution in [0, 0.1) is 0 Å². The molecule has 5 rings (SSSR count). The molecular weight excluding hydrogens is 384 g/mol. The lowest BCUT2D eigenvalue weighted by Gasteiger charge is -2.34. The summed E-state index contributed by atoms with van der Waals surface area (Å²) in [5, 5.41) is 2.00. The number of thiazole rings is 1. The van der Waals surface area contributed by atoms with Crippen LogP contribution in [0.25, 0.3) is 16.2 Å². The number of piperazine rings is 1. The number of rotatable bonds is 4. The summed E-state index contributed by atoms with van der Waals surface area (Å²) in [5.74, 6) is 0.775. The lowest BCUT2D eigenvalue weighted by molar-refractivity contribution is 0.246. The molecule has 1 saturated heterocycles. The quantitative estimate of drug-likeness (QED) is 0.521. The van der Waals surface area contributed by atoms with Gasteiger partial charge in [0.1, 0.15) is 0 Å². The monoisotopic (exact) mass is 404 g/mol. The Morgan fingerprint density at radius 3 is 2.48 bits per heavy atom. The van der Waals surface area contributed by atoms with E-state index in [4.69, 9.17) is 4.98 Å². The van der Waals surface area contributed by atoms with E-state index in [0.717, 1.165) is 54.0 Å². The molecule has 3 aromatic heterocycles. The van der Waals surface area contributed by atoms with Crippen molar-refractivity contribution in [2.75, 3.05) is 31.1 Å². The Hall–Kier alpha value is -3.10. The number of benzene rings is 1. The van der Waals surface area contributed by atoms with Crippen LogP contribution < -0.4 is 10.5 Å². The summed E-state index contributed by atoms with van der Waals surface area (Å²) in [5.41, 5.74) is 2.71. The van der Waals surface area contributed by atoms with Crippen molar-refractivity contribution in [2.24, 2.45) is 0 Å². The minimum Gasteiger partial charge on any atom is -0.338 e. The van der Waals surface area contributed by atoms with E-state index < -0.39 is 0 Å². The maximum absolute atomic E-state index is 12.8. The molecule has 1 fully saturated rings. The predicted molar refractivity (Wildman–Crippen MR) is 114 cm³/mol. The van der Waals surface area contributed by atoms with Crippen LogP contribution in [0.2, 0.25) is 0 Å². The van der Waals surface area contributed by atoms with Gasteiger partial charge < -0.3 is 4.90 Å². The van der Waals surface area contributed by atoms with Crippen molar-refractivity contribution in [1.29, 1.82) is 0 Å². The molecular formula is C21H20N6OS. The van der Waals surface area contributed by atoms with Gasteiger partial charge in [-0.3, -0.25) is 14.1 Å². The summed E-state index contributed by atoms with van der Waals surface area (Å²) in [6, 6.07) is 13.4. The average molecular weight is 404 g/mol. The molecule has 0 radical (unpaired) electrons. The SMILES string of the molecule is O=c1cc(CN2CCN(c3ncccn3)CC2)nc2scc(-c3ccccc3)n12. The zero-order chi connectivity index (χ0) is 19.6. The number of hydrogen-bond acceptors (Lipinski definition) is 7. The Bertz CT molecular complexity index is 1170. The molecule has 8 heteroatoms. The lowest BCUT2D eigenvalue weighted by Crippen LogP contribution is -2.46. The number of anilines is 1. The standard InChI is InChI=1S/C21H20N6OS/c28-19-13-17(14-25-9-11-26(12-10-25)20-22-7-4-8-23-20)24-21-27(19)18(15-29-21)16-5-2-1-3-6-16/h1-8,13,15H,9-12,14H2. The molecule has 0 atom stereocenters. The van der Waals surface area contributed by atoms with Gasteiger partial charge >= 0.3 is 0 Å². The third-order valence-corrected chi connectivity index (χ3v) is 5.95. The van der Waals surface area contributed by atoms with Crippen LogP contribution in [0.3, 0.4) is 0 Å². The van der Waals surface area contributed by atoms with Crippen LogP contribution >= 0.6 is 11.3 Å². The predicted octanol–water partition coefficient (Wildman–Crippen LogP) is 2.54. The molecule has 1 aliphatic rings. The molecule has 7 nitrogen and oxygen atoms in total. The van der Waals surface area contributed by atoms with Crippen LogP contribution in [0.15, 0.2) is 65.0 Å². The molecule has 0 unspecified atom stereocenters. The van der Waals surface area contributed by atoms with Gasteiger partial charge in [0.05, 0.1) is 11.4 Å². The second-order valence-corrected chi connectivity index (χ2v) is 7.84. The zero-order valence-corrected chi connectivity index (χ0v) is 16.6. The van der Waals surface area contributed by atoms with Gasteiger partial charge in [-0.1, -0.05) is 30.3 Å². The van der Waals surface area contributed by atoms with Gasteiger partial charge in [-0.15, -0.1) is 11.3 Å². The van der Waals surface area contributed by atoms with Gasteiger partial charge in [0.2, 0.25) is 5.95 Å². The second-order valence-electron chi connectivity index (χ2n) is 7.00. The first kappa shape index (κ1) is 18.0.